The molecule has 6 heteroatoms. The SMILES string of the molecule is CC(=O)N1CCC(C2(C)SC(N)=NC2=O)C1. The predicted octanol–water partition coefficient (Wildman–Crippen LogP) is 0.202. The standard InChI is InChI=1S/C10H15N3O2S/c1-6(14)13-4-3-7(5-13)10(2)8(15)12-9(11)16-10/h7H,3-5H2,1-2H3,(H2,11,12,15). The van der Waals surface area contributed by atoms with E-state index in [0.717, 1.165) is 13.0 Å². The number of hydrogen-bond acceptors (Lipinski definition) is 4. The highest BCUT2D eigenvalue weighted by molar-refractivity contribution is 8.16. The van der Waals surface area contributed by atoms with Crippen molar-refractivity contribution in [2.75, 3.05) is 13.1 Å². The predicted molar refractivity (Wildman–Crippen MR) is 63.0 cm³/mol. The third-order valence-corrected chi connectivity index (χ3v) is 4.60. The van der Waals surface area contributed by atoms with Gasteiger partial charge in [-0.2, -0.15) is 4.99 Å². The Morgan fingerprint density at radius 1 is 1.69 bits per heavy atom. The molecule has 0 radical (unpaired) electrons. The second-order valence-electron chi connectivity index (χ2n) is 4.41. The minimum atomic E-state index is -0.575. The van der Waals surface area contributed by atoms with E-state index in [0.29, 0.717) is 11.7 Å². The summed E-state index contributed by atoms with van der Waals surface area (Å²) >= 11 is 1.33. The largest absolute Gasteiger partial charge is 0.378 e. The molecule has 0 aromatic carbocycles. The number of thioether (sulfide) groups is 1. The number of carbonyl (C=O) groups excluding carboxylic acids is 2. The Morgan fingerprint density at radius 3 is 2.81 bits per heavy atom. The Labute approximate surface area is 98.5 Å². The number of hydrogen-bond donors (Lipinski definition) is 1. The summed E-state index contributed by atoms with van der Waals surface area (Å²) in [6.45, 7) is 4.79. The van der Waals surface area contributed by atoms with Crippen molar-refractivity contribution >= 4 is 28.7 Å². The van der Waals surface area contributed by atoms with Crippen molar-refractivity contribution in [3.8, 4) is 0 Å². The van der Waals surface area contributed by atoms with Gasteiger partial charge in [-0.1, -0.05) is 11.8 Å². The minimum absolute atomic E-state index is 0.0652. The molecular weight excluding hydrogens is 226 g/mol. The van der Waals surface area contributed by atoms with Crippen LogP contribution in [0.5, 0.6) is 0 Å². The molecule has 16 heavy (non-hydrogen) atoms. The van der Waals surface area contributed by atoms with E-state index in [-0.39, 0.29) is 17.7 Å². The molecule has 88 valence electrons. The Kier molecular flexibility index (Phi) is 2.69. The van der Waals surface area contributed by atoms with E-state index in [1.54, 1.807) is 11.8 Å². The van der Waals surface area contributed by atoms with Crippen LogP contribution < -0.4 is 5.73 Å². The van der Waals surface area contributed by atoms with Gasteiger partial charge in [-0.25, -0.2) is 0 Å². The first-order valence-corrected chi connectivity index (χ1v) is 6.08. The maximum atomic E-state index is 11.8. The van der Waals surface area contributed by atoms with Crippen molar-refractivity contribution in [2.24, 2.45) is 16.6 Å². The molecule has 0 saturated carbocycles. The van der Waals surface area contributed by atoms with E-state index in [9.17, 15) is 9.59 Å². The van der Waals surface area contributed by atoms with Gasteiger partial charge in [0.2, 0.25) is 5.91 Å². The number of likely N-dealkylation sites (tertiary alicyclic amines) is 1. The topological polar surface area (TPSA) is 75.8 Å². The van der Waals surface area contributed by atoms with Crippen LogP contribution in [0.3, 0.4) is 0 Å². The van der Waals surface area contributed by atoms with E-state index in [4.69, 9.17) is 5.73 Å². The highest BCUT2D eigenvalue weighted by atomic mass is 32.2. The molecule has 0 bridgehead atoms. The molecule has 0 aromatic heterocycles. The first-order valence-electron chi connectivity index (χ1n) is 5.26. The average molecular weight is 241 g/mol. The van der Waals surface area contributed by atoms with Crippen molar-refractivity contribution in [1.29, 1.82) is 0 Å². The molecule has 2 aliphatic heterocycles. The quantitative estimate of drug-likeness (QED) is 0.711. The monoisotopic (exact) mass is 241 g/mol. The highest BCUT2D eigenvalue weighted by Crippen LogP contribution is 2.42. The van der Waals surface area contributed by atoms with Crippen LogP contribution in [0.4, 0.5) is 0 Å². The summed E-state index contributed by atoms with van der Waals surface area (Å²) in [5.41, 5.74) is 5.57. The Morgan fingerprint density at radius 2 is 2.38 bits per heavy atom. The fraction of sp³-hybridized carbons (Fsp3) is 0.700. The van der Waals surface area contributed by atoms with E-state index in [1.165, 1.54) is 11.8 Å². The van der Waals surface area contributed by atoms with Crippen molar-refractivity contribution in [2.45, 2.75) is 25.0 Å². The van der Waals surface area contributed by atoms with E-state index in [2.05, 4.69) is 4.99 Å². The average Bonchev–Trinajstić information content (AvgIpc) is 2.73. The minimum Gasteiger partial charge on any atom is -0.378 e. The molecule has 0 aliphatic carbocycles. The summed E-state index contributed by atoms with van der Waals surface area (Å²) in [6.07, 6.45) is 0.845. The van der Waals surface area contributed by atoms with Crippen molar-refractivity contribution in [3.63, 3.8) is 0 Å². The third-order valence-electron chi connectivity index (χ3n) is 3.37. The number of carbonyl (C=O) groups is 2. The van der Waals surface area contributed by atoms with Crippen molar-refractivity contribution in [1.82, 2.24) is 4.90 Å². The van der Waals surface area contributed by atoms with Crippen LogP contribution in [0.15, 0.2) is 4.99 Å². The van der Waals surface area contributed by atoms with Crippen LogP contribution in [0.25, 0.3) is 0 Å². The third kappa shape index (κ3) is 1.71. The van der Waals surface area contributed by atoms with Gasteiger partial charge < -0.3 is 10.6 Å². The maximum Gasteiger partial charge on any atom is 0.264 e. The van der Waals surface area contributed by atoms with Crippen LogP contribution in [-0.4, -0.2) is 39.7 Å². The molecule has 2 amide bonds. The smallest absolute Gasteiger partial charge is 0.264 e. The number of nitrogens with two attached hydrogens (primary N) is 1. The number of amides is 2. The van der Waals surface area contributed by atoms with Gasteiger partial charge in [-0.15, -0.1) is 0 Å². The fourth-order valence-electron chi connectivity index (χ4n) is 2.25. The summed E-state index contributed by atoms with van der Waals surface area (Å²) < 4.78 is -0.575. The molecule has 1 fully saturated rings. The van der Waals surface area contributed by atoms with Crippen LogP contribution in [0.1, 0.15) is 20.3 Å². The summed E-state index contributed by atoms with van der Waals surface area (Å²) in [5.74, 6) is 0.0551. The van der Waals surface area contributed by atoms with Gasteiger partial charge in [-0.05, 0) is 13.3 Å². The summed E-state index contributed by atoms with van der Waals surface area (Å²) in [7, 11) is 0. The molecule has 5 nitrogen and oxygen atoms in total. The number of aliphatic imine (C=N–C) groups is 1. The lowest BCUT2D eigenvalue weighted by atomic mass is 9.91. The summed E-state index contributed by atoms with van der Waals surface area (Å²) in [5, 5.41) is 0.341. The normalized spacial score (nSPS) is 34.4. The van der Waals surface area contributed by atoms with Crippen LogP contribution in [0.2, 0.25) is 0 Å². The number of nitrogens with zero attached hydrogens (tertiary/aromatic N) is 2. The zero-order valence-electron chi connectivity index (χ0n) is 9.40. The zero-order chi connectivity index (χ0) is 11.9. The van der Waals surface area contributed by atoms with Gasteiger partial charge >= 0.3 is 0 Å². The van der Waals surface area contributed by atoms with E-state index < -0.39 is 4.75 Å². The van der Waals surface area contributed by atoms with Gasteiger partial charge in [0.15, 0.2) is 5.17 Å². The fourth-order valence-corrected chi connectivity index (χ4v) is 3.30. The lowest BCUT2D eigenvalue weighted by Crippen LogP contribution is -2.39. The lowest BCUT2D eigenvalue weighted by Gasteiger charge is -2.26. The molecule has 2 rings (SSSR count). The summed E-state index contributed by atoms with van der Waals surface area (Å²) in [6, 6.07) is 0. The van der Waals surface area contributed by atoms with E-state index >= 15 is 0 Å². The zero-order valence-corrected chi connectivity index (χ0v) is 10.2. The van der Waals surface area contributed by atoms with Gasteiger partial charge in [0.1, 0.15) is 4.75 Å². The number of amidine groups is 1. The highest BCUT2D eigenvalue weighted by Gasteiger charge is 2.49. The second kappa shape index (κ2) is 3.76. The first kappa shape index (κ1) is 11.4. The molecule has 1 saturated heterocycles. The molecule has 2 atom stereocenters. The molecule has 2 aliphatic rings. The molecule has 2 unspecified atom stereocenters. The van der Waals surface area contributed by atoms with Crippen molar-refractivity contribution in [3.05, 3.63) is 0 Å². The molecular formula is C10H15N3O2S. The molecule has 2 N–H and O–H groups in total. The number of rotatable bonds is 1. The van der Waals surface area contributed by atoms with Crippen LogP contribution >= 0.6 is 11.8 Å². The van der Waals surface area contributed by atoms with Gasteiger partial charge in [0.05, 0.1) is 0 Å². The van der Waals surface area contributed by atoms with Gasteiger partial charge in [-0.3, -0.25) is 9.59 Å². The van der Waals surface area contributed by atoms with Gasteiger partial charge in [0, 0.05) is 25.9 Å². The van der Waals surface area contributed by atoms with Gasteiger partial charge in [0.25, 0.3) is 5.91 Å². The Bertz CT molecular complexity index is 382. The van der Waals surface area contributed by atoms with Crippen molar-refractivity contribution < 1.29 is 9.59 Å². The second-order valence-corrected chi connectivity index (χ2v) is 5.89. The van der Waals surface area contributed by atoms with Crippen LogP contribution in [-0.2, 0) is 9.59 Å². The lowest BCUT2D eigenvalue weighted by molar-refractivity contribution is -0.128. The van der Waals surface area contributed by atoms with Crippen LogP contribution in [0, 0.1) is 5.92 Å². The first-order chi connectivity index (χ1) is 7.43. The van der Waals surface area contributed by atoms with E-state index in [1.807, 2.05) is 6.92 Å². The maximum absolute atomic E-state index is 11.8. The Hall–Kier alpha value is -1.04. The molecule has 2 heterocycles. The Balaban J connectivity index is 2.10. The molecule has 0 aromatic rings. The summed E-state index contributed by atoms with van der Waals surface area (Å²) in [4.78, 5) is 28.6. The molecule has 0 spiro atoms.